The van der Waals surface area contributed by atoms with Crippen LogP contribution in [0.25, 0.3) is 21.3 Å². The van der Waals surface area contributed by atoms with E-state index in [9.17, 15) is 13.2 Å². The average molecular weight is 476 g/mol. The Morgan fingerprint density at radius 1 is 1.09 bits per heavy atom. The highest BCUT2D eigenvalue weighted by atomic mass is 32.1. The number of imidazole rings is 1. The molecule has 2 aromatic carbocycles. The molecule has 0 spiro atoms. The number of aryl methyl sites for hydroxylation is 1. The number of halogens is 3. The molecule has 5 rings (SSSR count). The largest absolute Gasteiger partial charge is 0.573 e. The lowest BCUT2D eigenvalue weighted by atomic mass is 10.0. The SMILES string of the molecule is CCc1ccc2c(c1)nc(Nc1nc3ccc(OC(F)(F)F)cc3s1)n2C1CCN(C)CC1. The fourth-order valence-corrected chi connectivity index (χ4v) is 5.21. The van der Waals surface area contributed by atoms with E-state index in [4.69, 9.17) is 4.98 Å². The first-order chi connectivity index (χ1) is 15.8. The van der Waals surface area contributed by atoms with Gasteiger partial charge in [0.2, 0.25) is 5.95 Å². The molecule has 1 fully saturated rings. The van der Waals surface area contributed by atoms with Crippen molar-refractivity contribution in [3.63, 3.8) is 0 Å². The molecular weight excluding hydrogens is 451 g/mol. The quantitative estimate of drug-likeness (QED) is 0.377. The van der Waals surface area contributed by atoms with E-state index in [0.29, 0.717) is 27.3 Å². The van der Waals surface area contributed by atoms with Crippen LogP contribution >= 0.6 is 11.3 Å². The summed E-state index contributed by atoms with van der Waals surface area (Å²) in [6, 6.07) is 10.9. The van der Waals surface area contributed by atoms with Crippen molar-refractivity contribution in [2.45, 2.75) is 38.6 Å². The highest BCUT2D eigenvalue weighted by molar-refractivity contribution is 7.22. The zero-order valence-corrected chi connectivity index (χ0v) is 19.1. The number of ether oxygens (including phenoxy) is 1. The summed E-state index contributed by atoms with van der Waals surface area (Å²) >= 11 is 1.27. The van der Waals surface area contributed by atoms with Gasteiger partial charge in [0.15, 0.2) is 5.13 Å². The van der Waals surface area contributed by atoms with Crippen LogP contribution in [0.4, 0.5) is 24.3 Å². The van der Waals surface area contributed by atoms with Gasteiger partial charge in [-0.2, -0.15) is 0 Å². The molecule has 1 aliphatic heterocycles. The molecule has 0 atom stereocenters. The van der Waals surface area contributed by atoms with Gasteiger partial charge in [-0.3, -0.25) is 0 Å². The molecule has 0 radical (unpaired) electrons. The molecule has 174 valence electrons. The Balaban J connectivity index is 1.51. The number of hydrogen-bond donors (Lipinski definition) is 1. The van der Waals surface area contributed by atoms with Crippen molar-refractivity contribution < 1.29 is 17.9 Å². The van der Waals surface area contributed by atoms with Gasteiger partial charge in [-0.15, -0.1) is 13.2 Å². The maximum absolute atomic E-state index is 12.6. The molecule has 0 amide bonds. The van der Waals surface area contributed by atoms with Gasteiger partial charge in [0, 0.05) is 12.1 Å². The third-order valence-corrected chi connectivity index (χ3v) is 6.96. The van der Waals surface area contributed by atoms with Crippen molar-refractivity contribution in [2.24, 2.45) is 0 Å². The van der Waals surface area contributed by atoms with Gasteiger partial charge in [-0.25, -0.2) is 9.97 Å². The Morgan fingerprint density at radius 3 is 2.61 bits per heavy atom. The molecule has 0 bridgehead atoms. The zero-order chi connectivity index (χ0) is 23.2. The number of aromatic nitrogens is 3. The third-order valence-electron chi connectivity index (χ3n) is 6.03. The lowest BCUT2D eigenvalue weighted by molar-refractivity contribution is -0.274. The first-order valence-corrected chi connectivity index (χ1v) is 11.7. The lowest BCUT2D eigenvalue weighted by Gasteiger charge is -2.31. The highest BCUT2D eigenvalue weighted by Crippen LogP contribution is 2.36. The van der Waals surface area contributed by atoms with Crippen molar-refractivity contribution in [3.8, 4) is 5.75 Å². The predicted octanol–water partition coefficient (Wildman–Crippen LogP) is 6.12. The summed E-state index contributed by atoms with van der Waals surface area (Å²) in [5.74, 6) is 0.453. The van der Waals surface area contributed by atoms with Gasteiger partial charge in [0.05, 0.1) is 21.3 Å². The molecule has 2 aromatic heterocycles. The van der Waals surface area contributed by atoms with Crippen molar-refractivity contribution in [3.05, 3.63) is 42.0 Å². The third kappa shape index (κ3) is 4.63. The predicted molar refractivity (Wildman–Crippen MR) is 124 cm³/mol. The normalized spacial score (nSPS) is 16.0. The lowest BCUT2D eigenvalue weighted by Crippen LogP contribution is -2.31. The van der Waals surface area contributed by atoms with E-state index < -0.39 is 6.36 Å². The minimum atomic E-state index is -4.73. The van der Waals surface area contributed by atoms with Gasteiger partial charge in [0.1, 0.15) is 5.75 Å². The minimum Gasteiger partial charge on any atom is -0.406 e. The van der Waals surface area contributed by atoms with E-state index in [-0.39, 0.29) is 5.75 Å². The van der Waals surface area contributed by atoms with E-state index in [1.165, 1.54) is 35.1 Å². The number of hydrogen-bond acceptors (Lipinski definition) is 6. The number of nitrogens with one attached hydrogen (secondary N) is 1. The molecular formula is C23H24F3N5OS. The molecule has 33 heavy (non-hydrogen) atoms. The standard InChI is InChI=1S/C23H24F3N5OS/c1-3-14-4-7-19-18(12-14)27-21(31(19)15-8-10-30(2)11-9-15)29-22-28-17-6-5-16(13-20(17)33-22)32-23(24,25)26/h4-7,12-13,15H,3,8-11H2,1-2H3,(H,27,28,29). The topological polar surface area (TPSA) is 55.2 Å². The van der Waals surface area contributed by atoms with Gasteiger partial charge in [-0.1, -0.05) is 24.3 Å². The van der Waals surface area contributed by atoms with E-state index in [1.807, 2.05) is 0 Å². The van der Waals surface area contributed by atoms with E-state index >= 15 is 0 Å². The van der Waals surface area contributed by atoms with Crippen molar-refractivity contribution in [1.82, 2.24) is 19.4 Å². The smallest absolute Gasteiger partial charge is 0.406 e. The van der Waals surface area contributed by atoms with Crippen LogP contribution in [0.15, 0.2) is 36.4 Å². The number of alkyl halides is 3. The fourth-order valence-electron chi connectivity index (χ4n) is 4.33. The maximum Gasteiger partial charge on any atom is 0.573 e. The number of nitrogens with zero attached hydrogens (tertiary/aromatic N) is 4. The van der Waals surface area contributed by atoms with Gasteiger partial charge in [0.25, 0.3) is 0 Å². The summed E-state index contributed by atoms with van der Waals surface area (Å²) in [5, 5.41) is 3.93. The molecule has 4 aromatic rings. The number of benzene rings is 2. The Hall–Kier alpha value is -2.85. The van der Waals surface area contributed by atoms with E-state index in [0.717, 1.165) is 43.4 Å². The number of thiazole rings is 1. The second kappa shape index (κ2) is 8.49. The number of piperidine rings is 1. The van der Waals surface area contributed by atoms with Crippen LogP contribution in [0.3, 0.4) is 0 Å². The Labute approximate surface area is 193 Å². The number of anilines is 2. The van der Waals surface area contributed by atoms with E-state index in [2.05, 4.69) is 56.7 Å². The van der Waals surface area contributed by atoms with Crippen LogP contribution in [-0.4, -0.2) is 45.9 Å². The summed E-state index contributed by atoms with van der Waals surface area (Å²) in [4.78, 5) is 11.8. The van der Waals surface area contributed by atoms with E-state index in [1.54, 1.807) is 0 Å². The van der Waals surface area contributed by atoms with Crippen molar-refractivity contribution in [1.29, 1.82) is 0 Å². The number of fused-ring (bicyclic) bond motifs is 2. The second-order valence-electron chi connectivity index (χ2n) is 8.34. The van der Waals surface area contributed by atoms with Crippen LogP contribution in [0.1, 0.15) is 31.4 Å². The second-order valence-corrected chi connectivity index (χ2v) is 9.37. The molecule has 1 aliphatic rings. The van der Waals surface area contributed by atoms with Crippen LogP contribution < -0.4 is 10.1 Å². The van der Waals surface area contributed by atoms with Crippen molar-refractivity contribution in [2.75, 3.05) is 25.5 Å². The molecule has 10 heteroatoms. The van der Waals surface area contributed by atoms with Gasteiger partial charge < -0.3 is 19.5 Å². The molecule has 3 heterocycles. The number of likely N-dealkylation sites (tertiary alicyclic amines) is 1. The maximum atomic E-state index is 12.6. The Kier molecular flexibility index (Phi) is 5.65. The van der Waals surface area contributed by atoms with Crippen LogP contribution in [0.5, 0.6) is 5.75 Å². The summed E-state index contributed by atoms with van der Waals surface area (Å²) < 4.78 is 44.6. The molecule has 0 unspecified atom stereocenters. The summed E-state index contributed by atoms with van der Waals surface area (Å²) in [6.45, 7) is 4.14. The number of rotatable bonds is 5. The van der Waals surface area contributed by atoms with Crippen molar-refractivity contribution >= 4 is 43.7 Å². The molecule has 0 saturated carbocycles. The summed E-state index contributed by atoms with van der Waals surface area (Å²) in [6.07, 6.45) is -1.76. The first kappa shape index (κ1) is 22.0. The molecule has 1 N–H and O–H groups in total. The molecule has 0 aliphatic carbocycles. The monoisotopic (exact) mass is 475 g/mol. The fraction of sp³-hybridized carbons (Fsp3) is 0.391. The van der Waals surface area contributed by atoms with Gasteiger partial charge >= 0.3 is 6.36 Å². The van der Waals surface area contributed by atoms with Crippen LogP contribution in [-0.2, 0) is 6.42 Å². The molecule has 1 saturated heterocycles. The first-order valence-electron chi connectivity index (χ1n) is 10.9. The highest BCUT2D eigenvalue weighted by Gasteiger charge is 2.31. The van der Waals surface area contributed by atoms with Gasteiger partial charge in [-0.05, 0) is 69.2 Å². The van der Waals surface area contributed by atoms with Crippen LogP contribution in [0, 0.1) is 0 Å². The van der Waals surface area contributed by atoms with Crippen LogP contribution in [0.2, 0.25) is 0 Å². The Bertz CT molecular complexity index is 1290. The summed E-state index contributed by atoms with van der Waals surface area (Å²) in [5.41, 5.74) is 3.83. The Morgan fingerprint density at radius 2 is 1.88 bits per heavy atom. The average Bonchev–Trinajstić information content (AvgIpc) is 3.32. The molecule has 6 nitrogen and oxygen atoms in total. The minimum absolute atomic E-state index is 0.254. The summed E-state index contributed by atoms with van der Waals surface area (Å²) in [7, 11) is 2.13. The zero-order valence-electron chi connectivity index (χ0n) is 18.3.